The van der Waals surface area contributed by atoms with Gasteiger partial charge in [0.05, 0.1) is 25.9 Å². The normalized spacial score (nSPS) is 37.4. The molecule has 2 aliphatic heterocycles. The molecule has 13 heteroatoms. The maximum Gasteiger partial charge on any atom is 0.186 e. The summed E-state index contributed by atoms with van der Waals surface area (Å²) < 4.78 is 22.0. The van der Waals surface area contributed by atoms with Gasteiger partial charge in [0, 0.05) is 19.5 Å². The summed E-state index contributed by atoms with van der Waals surface area (Å²) in [5, 5.41) is 69.1. The van der Waals surface area contributed by atoms with E-state index in [1.807, 2.05) is 4.90 Å². The van der Waals surface area contributed by atoms with E-state index >= 15 is 0 Å². The van der Waals surface area contributed by atoms with Gasteiger partial charge in [0.15, 0.2) is 12.6 Å². The third kappa shape index (κ3) is 9.19. The van der Waals surface area contributed by atoms with Gasteiger partial charge in [-0.15, -0.1) is 0 Å². The highest BCUT2D eigenvalue weighted by atomic mass is 16.7. The second-order valence-electron chi connectivity index (χ2n) is 9.47. The van der Waals surface area contributed by atoms with Gasteiger partial charge in [0.25, 0.3) is 0 Å². The lowest BCUT2D eigenvalue weighted by Crippen LogP contribution is -2.59. The van der Waals surface area contributed by atoms with Crippen molar-refractivity contribution in [2.24, 2.45) is 0 Å². The van der Waals surface area contributed by atoms with E-state index in [9.17, 15) is 40.5 Å². The first-order valence-electron chi connectivity index (χ1n) is 12.5. The lowest BCUT2D eigenvalue weighted by atomic mass is 9.99. The standard InChI is InChI=1S/C23H43NO12/c1-13(26)6-4-3-5-7-24(8-10-33-22-20(31)18(29)16(27)14(2)35-22)9-11-34-23-21(32)19(30)17(28)15(12-25)36-23/h14-23,25,27-32H,3-12H2,1-2H3/t14-,15+,16+,17+,18+,19-,20-,21-,22+,23-/m0/s1. The molecule has 2 rings (SSSR count). The van der Waals surface area contributed by atoms with Gasteiger partial charge in [-0.05, 0) is 33.2 Å². The van der Waals surface area contributed by atoms with Crippen molar-refractivity contribution in [2.75, 3.05) is 39.5 Å². The Morgan fingerprint density at radius 1 is 0.750 bits per heavy atom. The zero-order chi connectivity index (χ0) is 26.8. The molecule has 36 heavy (non-hydrogen) atoms. The number of nitrogens with zero attached hydrogens (tertiary/aromatic N) is 1. The van der Waals surface area contributed by atoms with Crippen molar-refractivity contribution in [3.8, 4) is 0 Å². The quantitative estimate of drug-likeness (QED) is 0.108. The summed E-state index contributed by atoms with van der Waals surface area (Å²) in [5.41, 5.74) is 0. The first kappa shape index (κ1) is 31.4. The summed E-state index contributed by atoms with van der Waals surface area (Å²) >= 11 is 0. The Bertz CT molecular complexity index is 640. The van der Waals surface area contributed by atoms with Gasteiger partial charge >= 0.3 is 0 Å². The number of aliphatic hydroxyl groups is 7. The number of unbranched alkanes of at least 4 members (excludes halogenated alkanes) is 2. The fourth-order valence-corrected chi connectivity index (χ4v) is 4.17. The first-order chi connectivity index (χ1) is 17.1. The zero-order valence-electron chi connectivity index (χ0n) is 21.0. The predicted octanol–water partition coefficient (Wildman–Crippen LogP) is -2.90. The second-order valence-corrected chi connectivity index (χ2v) is 9.47. The molecule has 2 aliphatic rings. The number of hydrogen-bond acceptors (Lipinski definition) is 13. The van der Waals surface area contributed by atoms with Crippen LogP contribution in [-0.4, -0.2) is 147 Å². The highest BCUT2D eigenvalue weighted by molar-refractivity contribution is 5.75. The molecule has 0 spiro atoms. The Kier molecular flexibility index (Phi) is 13.6. The molecule has 0 aliphatic carbocycles. The van der Waals surface area contributed by atoms with E-state index in [-0.39, 0.29) is 19.0 Å². The smallest absolute Gasteiger partial charge is 0.186 e. The average molecular weight is 526 g/mol. The van der Waals surface area contributed by atoms with E-state index in [4.69, 9.17) is 18.9 Å². The number of ether oxygens (including phenoxy) is 4. The molecule has 0 aromatic rings. The van der Waals surface area contributed by atoms with Crippen LogP contribution >= 0.6 is 0 Å². The van der Waals surface area contributed by atoms with Crippen LogP contribution in [0.5, 0.6) is 0 Å². The third-order valence-corrected chi connectivity index (χ3v) is 6.54. The minimum Gasteiger partial charge on any atom is -0.394 e. The average Bonchev–Trinajstić information content (AvgIpc) is 2.84. The lowest BCUT2D eigenvalue weighted by molar-refractivity contribution is -0.301. The van der Waals surface area contributed by atoms with E-state index in [1.54, 1.807) is 13.8 Å². The van der Waals surface area contributed by atoms with Crippen LogP contribution in [-0.2, 0) is 23.7 Å². The third-order valence-electron chi connectivity index (χ3n) is 6.54. The topological polar surface area (TPSA) is 199 Å². The molecule has 212 valence electrons. The van der Waals surface area contributed by atoms with Gasteiger partial charge in [-0.25, -0.2) is 0 Å². The molecule has 2 saturated heterocycles. The molecule has 0 aromatic heterocycles. The second kappa shape index (κ2) is 15.6. The van der Waals surface area contributed by atoms with Gasteiger partial charge in [-0.2, -0.15) is 0 Å². The highest BCUT2D eigenvalue weighted by Crippen LogP contribution is 2.23. The molecule has 0 amide bonds. The number of ketones is 1. The first-order valence-corrected chi connectivity index (χ1v) is 12.5. The molecule has 0 radical (unpaired) electrons. The van der Waals surface area contributed by atoms with E-state index in [0.29, 0.717) is 26.1 Å². The van der Waals surface area contributed by atoms with Crippen molar-refractivity contribution in [2.45, 2.75) is 101 Å². The van der Waals surface area contributed by atoms with Crippen molar-refractivity contribution in [3.05, 3.63) is 0 Å². The van der Waals surface area contributed by atoms with Gasteiger partial charge in [-0.3, -0.25) is 4.90 Å². The van der Waals surface area contributed by atoms with Gasteiger partial charge < -0.3 is 59.5 Å². The van der Waals surface area contributed by atoms with Gasteiger partial charge in [0.2, 0.25) is 0 Å². The number of rotatable bonds is 15. The van der Waals surface area contributed by atoms with E-state index in [2.05, 4.69) is 0 Å². The van der Waals surface area contributed by atoms with E-state index in [1.165, 1.54) is 0 Å². The molecule has 13 nitrogen and oxygen atoms in total. The summed E-state index contributed by atoms with van der Waals surface area (Å²) in [6, 6.07) is 0. The largest absolute Gasteiger partial charge is 0.394 e. The fourth-order valence-electron chi connectivity index (χ4n) is 4.17. The lowest BCUT2D eigenvalue weighted by Gasteiger charge is -2.40. The number of aliphatic hydroxyl groups excluding tert-OH is 7. The van der Waals surface area contributed by atoms with Gasteiger partial charge in [0.1, 0.15) is 48.5 Å². The number of hydrogen-bond donors (Lipinski definition) is 7. The van der Waals surface area contributed by atoms with Crippen LogP contribution in [0.25, 0.3) is 0 Å². The van der Waals surface area contributed by atoms with Crippen molar-refractivity contribution in [1.82, 2.24) is 4.90 Å². The van der Waals surface area contributed by atoms with Gasteiger partial charge in [-0.1, -0.05) is 6.42 Å². The molecule has 0 bridgehead atoms. The molecular weight excluding hydrogens is 482 g/mol. The van der Waals surface area contributed by atoms with Crippen LogP contribution < -0.4 is 0 Å². The van der Waals surface area contributed by atoms with Crippen molar-refractivity contribution in [1.29, 1.82) is 0 Å². The Labute approximate surface area is 211 Å². The fraction of sp³-hybridized carbons (Fsp3) is 0.957. The maximum absolute atomic E-state index is 11.1. The van der Waals surface area contributed by atoms with Crippen LogP contribution in [0.4, 0.5) is 0 Å². The molecule has 10 atom stereocenters. The monoisotopic (exact) mass is 525 g/mol. The Morgan fingerprint density at radius 2 is 1.31 bits per heavy atom. The molecule has 7 N–H and O–H groups in total. The molecule has 2 heterocycles. The van der Waals surface area contributed by atoms with Crippen LogP contribution in [0.1, 0.15) is 39.5 Å². The minimum atomic E-state index is -1.52. The minimum absolute atomic E-state index is 0.0978. The number of carbonyl (C=O) groups is 1. The number of carbonyl (C=O) groups excluding carboxylic acids is 1. The van der Waals surface area contributed by atoms with Crippen molar-refractivity contribution >= 4 is 5.78 Å². The molecule has 2 fully saturated rings. The molecule has 0 unspecified atom stereocenters. The van der Waals surface area contributed by atoms with Crippen LogP contribution in [0.2, 0.25) is 0 Å². The SMILES string of the molecule is CC(=O)CCCCCN(CCO[C@H]1O[C@H](CO)[C@@H](O)[C@H](O)[C@@H]1O)CCO[C@@H]1O[C@@H](C)[C@@H](O)[C@@H](O)[C@@H]1O. The highest BCUT2D eigenvalue weighted by Gasteiger charge is 2.44. The Hall–Kier alpha value is -0.810. The Morgan fingerprint density at radius 3 is 1.86 bits per heavy atom. The summed E-state index contributed by atoms with van der Waals surface area (Å²) in [7, 11) is 0. The van der Waals surface area contributed by atoms with E-state index < -0.39 is 68.0 Å². The summed E-state index contributed by atoms with van der Waals surface area (Å²) in [6.07, 6.45) is -9.62. The van der Waals surface area contributed by atoms with Crippen molar-refractivity contribution in [3.63, 3.8) is 0 Å². The summed E-state index contributed by atoms with van der Waals surface area (Å²) in [4.78, 5) is 13.1. The number of Topliss-reactive ketones (excluding diaryl/α,β-unsaturated/α-hetero) is 1. The summed E-state index contributed by atoms with van der Waals surface area (Å²) in [6.45, 7) is 4.25. The van der Waals surface area contributed by atoms with E-state index in [0.717, 1.165) is 19.3 Å². The predicted molar refractivity (Wildman–Crippen MR) is 124 cm³/mol. The molecular formula is C23H43NO12. The van der Waals surface area contributed by atoms with Crippen LogP contribution in [0.15, 0.2) is 0 Å². The summed E-state index contributed by atoms with van der Waals surface area (Å²) in [5.74, 6) is 0.140. The molecule has 0 saturated carbocycles. The van der Waals surface area contributed by atoms with Crippen LogP contribution in [0.3, 0.4) is 0 Å². The Balaban J connectivity index is 1.84. The van der Waals surface area contributed by atoms with Crippen molar-refractivity contribution < 1.29 is 59.5 Å². The maximum atomic E-state index is 11.1. The zero-order valence-corrected chi connectivity index (χ0v) is 21.0. The molecule has 0 aromatic carbocycles. The van der Waals surface area contributed by atoms with Crippen LogP contribution in [0, 0.1) is 0 Å².